The van der Waals surface area contributed by atoms with Gasteiger partial charge in [0.2, 0.25) is 5.91 Å². The van der Waals surface area contributed by atoms with Crippen LogP contribution in [0.5, 0.6) is 0 Å². The number of carboxylic acid groups (broad SMARTS) is 2. The number of halogens is 1. The van der Waals surface area contributed by atoms with Gasteiger partial charge >= 0.3 is 11.9 Å². The third-order valence-corrected chi connectivity index (χ3v) is 5.95. The molecule has 0 aliphatic heterocycles. The molecule has 0 saturated heterocycles. The molecule has 2 atom stereocenters. The first-order chi connectivity index (χ1) is 13.4. The molecule has 3 N–H and O–H groups in total. The van der Waals surface area contributed by atoms with Crippen molar-refractivity contribution in [2.24, 2.45) is 5.92 Å². The molecular weight excluding hydrogens is 402 g/mol. The topological polar surface area (TPSA) is 104 Å². The minimum absolute atomic E-state index is 0.129. The highest BCUT2D eigenvalue weighted by Crippen LogP contribution is 2.29. The van der Waals surface area contributed by atoms with E-state index < -0.39 is 29.1 Å². The van der Waals surface area contributed by atoms with Gasteiger partial charge in [0, 0.05) is 10.6 Å². The maximum Gasteiger partial charge on any atom is 0.322 e. The van der Waals surface area contributed by atoms with Gasteiger partial charge in [-0.25, -0.2) is 0 Å². The number of aliphatic carboxylic acids is 2. The zero-order valence-corrected chi connectivity index (χ0v) is 17.6. The van der Waals surface area contributed by atoms with Crippen molar-refractivity contribution in [3.63, 3.8) is 0 Å². The molecule has 0 bridgehead atoms. The number of carboxylic acids is 2. The molecule has 0 aliphatic carbocycles. The lowest BCUT2D eigenvalue weighted by Gasteiger charge is -2.15. The SMILES string of the molecule is CCCCCCCCC(C(=O)O)C(=O)Nc1ccccc1SCC(Cl)C(=O)O. The zero-order valence-electron chi connectivity index (χ0n) is 16.0. The number of benzene rings is 1. The molecule has 2 unspecified atom stereocenters. The van der Waals surface area contributed by atoms with E-state index in [1.165, 1.54) is 18.2 Å². The van der Waals surface area contributed by atoms with Gasteiger partial charge in [-0.2, -0.15) is 0 Å². The number of unbranched alkanes of at least 4 members (excludes halogenated alkanes) is 5. The molecule has 8 heteroatoms. The molecule has 1 aromatic carbocycles. The minimum atomic E-state index is -1.14. The Bertz CT molecular complexity index is 655. The lowest BCUT2D eigenvalue weighted by atomic mass is 9.99. The van der Waals surface area contributed by atoms with E-state index in [2.05, 4.69) is 12.2 Å². The van der Waals surface area contributed by atoms with Gasteiger partial charge in [0.1, 0.15) is 11.3 Å². The van der Waals surface area contributed by atoms with Crippen LogP contribution in [0.3, 0.4) is 0 Å². The largest absolute Gasteiger partial charge is 0.481 e. The standard InChI is InChI=1S/C20H28ClNO5S/c1-2-3-4-5-6-7-10-14(19(24)25)18(23)22-16-11-8-9-12-17(16)28-13-15(21)20(26)27/h8-9,11-12,14-15H,2-7,10,13H2,1H3,(H,22,23)(H,24,25)(H,26,27). The van der Waals surface area contributed by atoms with Gasteiger partial charge < -0.3 is 15.5 Å². The van der Waals surface area contributed by atoms with E-state index >= 15 is 0 Å². The van der Waals surface area contributed by atoms with E-state index in [1.54, 1.807) is 24.3 Å². The number of anilines is 1. The fourth-order valence-corrected chi connectivity index (χ4v) is 3.75. The molecule has 0 fully saturated rings. The van der Waals surface area contributed by atoms with Gasteiger partial charge in [-0.05, 0) is 18.6 Å². The summed E-state index contributed by atoms with van der Waals surface area (Å²) < 4.78 is 0. The molecule has 0 radical (unpaired) electrons. The third kappa shape index (κ3) is 8.97. The normalized spacial score (nSPS) is 12.9. The summed E-state index contributed by atoms with van der Waals surface area (Å²) in [4.78, 5) is 35.5. The van der Waals surface area contributed by atoms with Crippen molar-refractivity contribution < 1.29 is 24.6 Å². The predicted octanol–water partition coefficient (Wildman–Crippen LogP) is 4.86. The van der Waals surface area contributed by atoms with Gasteiger partial charge in [-0.3, -0.25) is 14.4 Å². The Labute approximate surface area is 175 Å². The van der Waals surface area contributed by atoms with Gasteiger partial charge in [-0.15, -0.1) is 23.4 Å². The molecule has 156 valence electrons. The van der Waals surface area contributed by atoms with Crippen LogP contribution in [-0.4, -0.2) is 39.2 Å². The summed E-state index contributed by atoms with van der Waals surface area (Å²) in [6.45, 7) is 2.13. The van der Waals surface area contributed by atoms with E-state index in [-0.39, 0.29) is 5.75 Å². The number of para-hydroxylation sites is 1. The molecule has 0 saturated carbocycles. The van der Waals surface area contributed by atoms with E-state index in [0.29, 0.717) is 23.4 Å². The summed E-state index contributed by atoms with van der Waals surface area (Å²) in [6.07, 6.45) is 6.39. The van der Waals surface area contributed by atoms with Crippen LogP contribution in [0.4, 0.5) is 5.69 Å². The van der Waals surface area contributed by atoms with E-state index in [1.807, 2.05) is 0 Å². The lowest BCUT2D eigenvalue weighted by Crippen LogP contribution is -2.29. The van der Waals surface area contributed by atoms with Gasteiger partial charge in [0.25, 0.3) is 0 Å². The average molecular weight is 430 g/mol. The van der Waals surface area contributed by atoms with Crippen LogP contribution in [0.15, 0.2) is 29.2 Å². The second-order valence-corrected chi connectivity index (χ2v) is 8.14. The molecule has 1 amide bonds. The van der Waals surface area contributed by atoms with Crippen LogP contribution in [0, 0.1) is 5.92 Å². The molecule has 0 aromatic heterocycles. The smallest absolute Gasteiger partial charge is 0.322 e. The third-order valence-electron chi connectivity index (χ3n) is 4.26. The van der Waals surface area contributed by atoms with E-state index in [9.17, 15) is 19.5 Å². The molecule has 6 nitrogen and oxygen atoms in total. The Balaban J connectivity index is 2.65. The Morgan fingerprint density at radius 1 is 1.04 bits per heavy atom. The number of thioether (sulfide) groups is 1. The Morgan fingerprint density at radius 2 is 1.68 bits per heavy atom. The van der Waals surface area contributed by atoms with Crippen LogP contribution in [0.1, 0.15) is 51.9 Å². The van der Waals surface area contributed by atoms with Gasteiger partial charge in [0.15, 0.2) is 0 Å². The maximum atomic E-state index is 12.5. The first kappa shape index (κ1) is 24.3. The highest BCUT2D eigenvalue weighted by molar-refractivity contribution is 7.99. The summed E-state index contributed by atoms with van der Waals surface area (Å²) >= 11 is 6.93. The van der Waals surface area contributed by atoms with E-state index in [4.69, 9.17) is 16.7 Å². The summed E-state index contributed by atoms with van der Waals surface area (Å²) in [5.41, 5.74) is 0.459. The molecule has 28 heavy (non-hydrogen) atoms. The van der Waals surface area contributed by atoms with E-state index in [0.717, 1.165) is 25.7 Å². The summed E-state index contributed by atoms with van der Waals surface area (Å²) in [6, 6.07) is 6.87. The van der Waals surface area contributed by atoms with Crippen LogP contribution < -0.4 is 5.32 Å². The molecular formula is C20H28ClNO5S. The predicted molar refractivity (Wildman–Crippen MR) is 112 cm³/mol. The van der Waals surface area contributed by atoms with Crippen molar-refractivity contribution in [3.8, 4) is 0 Å². The monoisotopic (exact) mass is 429 g/mol. The van der Waals surface area contributed by atoms with Crippen LogP contribution in [0.2, 0.25) is 0 Å². The lowest BCUT2D eigenvalue weighted by molar-refractivity contribution is -0.145. The number of carbonyl (C=O) groups is 3. The molecule has 0 aliphatic rings. The number of carbonyl (C=O) groups excluding carboxylic acids is 1. The quantitative estimate of drug-likeness (QED) is 0.169. The number of hydrogen-bond donors (Lipinski definition) is 3. The average Bonchev–Trinajstić information content (AvgIpc) is 2.65. The summed E-state index contributed by atoms with van der Waals surface area (Å²) in [5.74, 6) is -3.79. The van der Waals surface area contributed by atoms with Gasteiger partial charge in [-0.1, -0.05) is 57.6 Å². The van der Waals surface area contributed by atoms with Crippen molar-refractivity contribution in [1.82, 2.24) is 0 Å². The highest BCUT2D eigenvalue weighted by Gasteiger charge is 2.26. The molecule has 1 rings (SSSR count). The second-order valence-electron chi connectivity index (χ2n) is 6.55. The summed E-state index contributed by atoms with van der Waals surface area (Å²) in [5, 5.41) is 19.9. The number of amides is 1. The zero-order chi connectivity index (χ0) is 20.9. The Hall–Kier alpha value is -1.73. The maximum absolute atomic E-state index is 12.5. The molecule has 1 aromatic rings. The van der Waals surface area contributed by atoms with Crippen molar-refractivity contribution >= 4 is 46.9 Å². The minimum Gasteiger partial charge on any atom is -0.481 e. The number of nitrogens with one attached hydrogen (secondary N) is 1. The summed E-state index contributed by atoms with van der Waals surface area (Å²) in [7, 11) is 0. The number of hydrogen-bond acceptors (Lipinski definition) is 4. The molecule has 0 spiro atoms. The first-order valence-electron chi connectivity index (χ1n) is 9.49. The van der Waals surface area contributed by atoms with Crippen molar-refractivity contribution in [2.75, 3.05) is 11.1 Å². The first-order valence-corrected chi connectivity index (χ1v) is 10.9. The fourth-order valence-electron chi connectivity index (χ4n) is 2.65. The van der Waals surface area contributed by atoms with Crippen molar-refractivity contribution in [1.29, 1.82) is 0 Å². The Morgan fingerprint density at radius 3 is 2.32 bits per heavy atom. The Kier molecular flexibility index (Phi) is 11.7. The van der Waals surface area contributed by atoms with Gasteiger partial charge in [0.05, 0.1) is 5.69 Å². The molecule has 0 heterocycles. The highest BCUT2D eigenvalue weighted by atomic mass is 35.5. The number of alkyl halides is 1. The fraction of sp³-hybridized carbons (Fsp3) is 0.550. The van der Waals surface area contributed by atoms with Crippen LogP contribution in [0.25, 0.3) is 0 Å². The van der Waals surface area contributed by atoms with Crippen molar-refractivity contribution in [2.45, 2.75) is 62.1 Å². The second kappa shape index (κ2) is 13.4. The van der Waals surface area contributed by atoms with Crippen molar-refractivity contribution in [3.05, 3.63) is 24.3 Å². The van der Waals surface area contributed by atoms with Crippen LogP contribution >= 0.6 is 23.4 Å². The number of rotatable bonds is 14. The van der Waals surface area contributed by atoms with Crippen LogP contribution in [-0.2, 0) is 14.4 Å².